The summed E-state index contributed by atoms with van der Waals surface area (Å²) in [5.41, 5.74) is 0.482. The molecule has 0 aliphatic heterocycles. The van der Waals surface area contributed by atoms with E-state index >= 15 is 0 Å². The summed E-state index contributed by atoms with van der Waals surface area (Å²) in [5.74, 6) is -0.974. The monoisotopic (exact) mass is 290 g/mol. The minimum absolute atomic E-state index is 0.393. The summed E-state index contributed by atoms with van der Waals surface area (Å²) < 4.78 is 0. The number of hydrogen-bond acceptors (Lipinski definition) is 3. The van der Waals surface area contributed by atoms with Gasteiger partial charge >= 0.3 is 5.97 Å². The molecule has 0 radical (unpaired) electrons. The van der Waals surface area contributed by atoms with E-state index in [1.54, 1.807) is 18.2 Å². The van der Waals surface area contributed by atoms with Gasteiger partial charge in [0.2, 0.25) is 0 Å². The van der Waals surface area contributed by atoms with Gasteiger partial charge in [0.15, 0.2) is 0 Å². The van der Waals surface area contributed by atoms with Crippen molar-refractivity contribution in [2.45, 2.75) is 6.04 Å². The maximum atomic E-state index is 11.3. The lowest BCUT2D eigenvalue weighted by molar-refractivity contribution is -0.139. The van der Waals surface area contributed by atoms with Gasteiger partial charge in [0.1, 0.15) is 6.04 Å². The summed E-state index contributed by atoms with van der Waals surface area (Å²) in [6.07, 6.45) is 0. The van der Waals surface area contributed by atoms with Crippen molar-refractivity contribution in [2.24, 2.45) is 0 Å². The molecule has 1 unspecified atom stereocenters. The number of rotatable bonds is 6. The van der Waals surface area contributed by atoms with Crippen LogP contribution in [-0.2, 0) is 4.79 Å². The summed E-state index contributed by atoms with van der Waals surface area (Å²) in [6.45, 7) is 1.29. The Hall–Kier alpha value is -0.810. The number of hydrogen-bond donors (Lipinski definition) is 2. The minimum atomic E-state index is -0.974. The van der Waals surface area contributed by atoms with E-state index in [0.29, 0.717) is 22.2 Å². The lowest BCUT2D eigenvalue weighted by Crippen LogP contribution is -2.34. The Morgan fingerprint density at radius 1 is 1.44 bits per heavy atom. The van der Waals surface area contributed by atoms with Crippen LogP contribution in [0.15, 0.2) is 18.2 Å². The number of carboxylic acids is 1. The molecule has 100 valence electrons. The molecule has 1 rings (SSSR count). The molecule has 0 saturated heterocycles. The second-order valence-electron chi connectivity index (χ2n) is 4.19. The highest BCUT2D eigenvalue weighted by molar-refractivity contribution is 6.33. The van der Waals surface area contributed by atoms with Gasteiger partial charge in [0.05, 0.1) is 0 Å². The van der Waals surface area contributed by atoms with Crippen molar-refractivity contribution in [1.29, 1.82) is 0 Å². The summed E-state index contributed by atoms with van der Waals surface area (Å²) in [5, 5.41) is 13.0. The van der Waals surface area contributed by atoms with E-state index in [-0.39, 0.29) is 0 Å². The highest BCUT2D eigenvalue weighted by atomic mass is 35.5. The number of benzene rings is 1. The first kappa shape index (κ1) is 15.2. The number of carbonyl (C=O) groups is 1. The third-order valence-electron chi connectivity index (χ3n) is 2.42. The van der Waals surface area contributed by atoms with Crippen molar-refractivity contribution in [2.75, 3.05) is 27.2 Å². The van der Waals surface area contributed by atoms with Crippen LogP contribution in [0.4, 0.5) is 0 Å². The van der Waals surface area contributed by atoms with Crippen LogP contribution in [0.3, 0.4) is 0 Å². The van der Waals surface area contributed by atoms with Crippen LogP contribution in [0.5, 0.6) is 0 Å². The Labute approximate surface area is 116 Å². The fraction of sp³-hybridized carbons (Fsp3) is 0.417. The SMILES string of the molecule is CN(C)CCNC(C(=O)O)c1cc(Cl)ccc1Cl. The lowest BCUT2D eigenvalue weighted by Gasteiger charge is -2.18. The van der Waals surface area contributed by atoms with Crippen molar-refractivity contribution in [1.82, 2.24) is 10.2 Å². The van der Waals surface area contributed by atoms with Crippen molar-refractivity contribution in [3.63, 3.8) is 0 Å². The molecule has 0 aromatic heterocycles. The summed E-state index contributed by atoms with van der Waals surface area (Å²) in [7, 11) is 3.84. The minimum Gasteiger partial charge on any atom is -0.480 e. The second kappa shape index (κ2) is 6.95. The van der Waals surface area contributed by atoms with Gasteiger partial charge in [-0.2, -0.15) is 0 Å². The molecule has 2 N–H and O–H groups in total. The molecule has 1 aromatic rings. The molecular weight excluding hydrogens is 275 g/mol. The number of halogens is 2. The Morgan fingerprint density at radius 2 is 2.11 bits per heavy atom. The van der Waals surface area contributed by atoms with Crippen LogP contribution in [-0.4, -0.2) is 43.2 Å². The molecular formula is C12H16Cl2N2O2. The van der Waals surface area contributed by atoms with E-state index in [1.807, 2.05) is 19.0 Å². The van der Waals surface area contributed by atoms with E-state index in [1.165, 1.54) is 0 Å². The first-order chi connectivity index (χ1) is 8.41. The lowest BCUT2D eigenvalue weighted by atomic mass is 10.1. The molecule has 0 bridgehead atoms. The fourth-order valence-electron chi connectivity index (χ4n) is 1.50. The van der Waals surface area contributed by atoms with E-state index in [9.17, 15) is 9.90 Å². The molecule has 6 heteroatoms. The Bertz CT molecular complexity index is 425. The second-order valence-corrected chi connectivity index (χ2v) is 5.04. The predicted molar refractivity (Wildman–Crippen MR) is 73.4 cm³/mol. The molecule has 18 heavy (non-hydrogen) atoms. The van der Waals surface area contributed by atoms with Crippen LogP contribution in [0, 0.1) is 0 Å². The highest BCUT2D eigenvalue weighted by Gasteiger charge is 2.21. The van der Waals surface area contributed by atoms with Crippen molar-refractivity contribution >= 4 is 29.2 Å². The van der Waals surface area contributed by atoms with Crippen molar-refractivity contribution in [3.05, 3.63) is 33.8 Å². The normalized spacial score (nSPS) is 12.7. The molecule has 0 saturated carbocycles. The molecule has 0 amide bonds. The number of likely N-dealkylation sites (N-methyl/N-ethyl adjacent to an activating group) is 1. The van der Waals surface area contributed by atoms with E-state index in [4.69, 9.17) is 23.2 Å². The van der Waals surface area contributed by atoms with Crippen LogP contribution >= 0.6 is 23.2 Å². The molecule has 0 aliphatic rings. The zero-order valence-corrected chi connectivity index (χ0v) is 11.8. The third kappa shape index (κ3) is 4.46. The van der Waals surface area contributed by atoms with Crippen LogP contribution in [0.25, 0.3) is 0 Å². The predicted octanol–water partition coefficient (Wildman–Crippen LogP) is 2.27. The largest absolute Gasteiger partial charge is 0.480 e. The number of carboxylic acid groups (broad SMARTS) is 1. The van der Waals surface area contributed by atoms with E-state index in [0.717, 1.165) is 6.54 Å². The van der Waals surface area contributed by atoms with Gasteiger partial charge in [-0.25, -0.2) is 0 Å². The van der Waals surface area contributed by atoms with Crippen molar-refractivity contribution in [3.8, 4) is 0 Å². The van der Waals surface area contributed by atoms with Gasteiger partial charge < -0.3 is 10.0 Å². The molecule has 0 spiro atoms. The van der Waals surface area contributed by atoms with Gasteiger partial charge in [-0.1, -0.05) is 23.2 Å². The fourth-order valence-corrected chi connectivity index (χ4v) is 1.91. The quantitative estimate of drug-likeness (QED) is 0.844. The first-order valence-electron chi connectivity index (χ1n) is 5.47. The molecule has 4 nitrogen and oxygen atoms in total. The summed E-state index contributed by atoms with van der Waals surface area (Å²) >= 11 is 11.9. The summed E-state index contributed by atoms with van der Waals surface area (Å²) in [6, 6.07) is 3.96. The number of nitrogens with zero attached hydrogens (tertiary/aromatic N) is 1. The van der Waals surface area contributed by atoms with Gasteiger partial charge in [0, 0.05) is 28.7 Å². The Morgan fingerprint density at radius 3 is 2.67 bits per heavy atom. The number of nitrogens with one attached hydrogen (secondary N) is 1. The average molecular weight is 291 g/mol. The zero-order chi connectivity index (χ0) is 13.7. The molecule has 0 fully saturated rings. The molecule has 1 atom stereocenters. The topological polar surface area (TPSA) is 52.6 Å². The van der Waals surface area contributed by atoms with E-state index in [2.05, 4.69) is 5.32 Å². The Kier molecular flexibility index (Phi) is 5.88. The zero-order valence-electron chi connectivity index (χ0n) is 10.3. The molecule has 0 heterocycles. The van der Waals surface area contributed by atoms with Gasteiger partial charge in [-0.05, 0) is 32.3 Å². The average Bonchev–Trinajstić information content (AvgIpc) is 2.27. The first-order valence-corrected chi connectivity index (χ1v) is 6.23. The summed E-state index contributed by atoms with van der Waals surface area (Å²) in [4.78, 5) is 13.2. The van der Waals surface area contributed by atoms with Gasteiger partial charge in [-0.3, -0.25) is 10.1 Å². The maximum absolute atomic E-state index is 11.3. The van der Waals surface area contributed by atoms with Gasteiger partial charge in [-0.15, -0.1) is 0 Å². The van der Waals surface area contributed by atoms with Crippen LogP contribution in [0.1, 0.15) is 11.6 Å². The molecule has 1 aromatic carbocycles. The van der Waals surface area contributed by atoms with Crippen molar-refractivity contribution < 1.29 is 9.90 Å². The van der Waals surface area contributed by atoms with Crippen LogP contribution < -0.4 is 5.32 Å². The Balaban J connectivity index is 2.84. The standard InChI is InChI=1S/C12H16Cl2N2O2/c1-16(2)6-5-15-11(12(17)18)9-7-8(13)3-4-10(9)14/h3-4,7,11,15H,5-6H2,1-2H3,(H,17,18). The molecule has 0 aliphatic carbocycles. The van der Waals surface area contributed by atoms with Crippen LogP contribution in [0.2, 0.25) is 10.0 Å². The maximum Gasteiger partial charge on any atom is 0.325 e. The van der Waals surface area contributed by atoms with Gasteiger partial charge in [0.25, 0.3) is 0 Å². The number of aliphatic carboxylic acids is 1. The smallest absolute Gasteiger partial charge is 0.325 e. The highest BCUT2D eigenvalue weighted by Crippen LogP contribution is 2.26. The third-order valence-corrected chi connectivity index (χ3v) is 3.00. The van der Waals surface area contributed by atoms with E-state index < -0.39 is 12.0 Å².